The van der Waals surface area contributed by atoms with Crippen LogP contribution in [0.4, 0.5) is 0 Å². The van der Waals surface area contributed by atoms with Crippen LogP contribution in [0.1, 0.15) is 40.0 Å². The van der Waals surface area contributed by atoms with Gasteiger partial charge in [-0.1, -0.05) is 6.92 Å². The number of hydrogen-bond acceptors (Lipinski definition) is 4. The quantitative estimate of drug-likeness (QED) is 0.505. The number of nitrogens with one attached hydrogen (secondary N) is 1. The third-order valence-corrected chi connectivity index (χ3v) is 3.90. The van der Waals surface area contributed by atoms with E-state index in [0.717, 1.165) is 12.8 Å². The Kier molecular flexibility index (Phi) is 5.31. The molecule has 3 unspecified atom stereocenters. The smallest absolute Gasteiger partial charge is 0.323 e. The lowest BCUT2D eigenvalue weighted by Crippen LogP contribution is -2.51. The summed E-state index contributed by atoms with van der Waals surface area (Å²) in [4.78, 5) is 23.8. The maximum absolute atomic E-state index is 11.3. The molecule has 1 aliphatic heterocycles. The van der Waals surface area contributed by atoms with Crippen molar-refractivity contribution in [3.63, 3.8) is 0 Å². The van der Waals surface area contributed by atoms with E-state index in [9.17, 15) is 14.7 Å². The maximum Gasteiger partial charge on any atom is 0.323 e. The van der Waals surface area contributed by atoms with E-state index >= 15 is 0 Å². The average Bonchev–Trinajstić information content (AvgIpc) is 3.11. The van der Waals surface area contributed by atoms with Gasteiger partial charge in [-0.15, -0.1) is 0 Å². The van der Waals surface area contributed by atoms with Crippen molar-refractivity contribution in [2.24, 2.45) is 0 Å². The minimum Gasteiger partial charge on any atom is -0.480 e. The van der Waals surface area contributed by atoms with Crippen LogP contribution in [-0.4, -0.2) is 53.3 Å². The highest BCUT2D eigenvalue weighted by Gasteiger charge is 2.50. The highest BCUT2D eigenvalue weighted by atomic mass is 16.6. The molecule has 1 rings (SSSR count). The van der Waals surface area contributed by atoms with Crippen molar-refractivity contribution in [3.8, 4) is 0 Å². The molecule has 6 nitrogen and oxygen atoms in total. The molecule has 0 aromatic carbocycles. The number of amides is 1. The molecule has 1 fully saturated rings. The van der Waals surface area contributed by atoms with Crippen LogP contribution in [0.5, 0.6) is 0 Å². The average molecular weight is 272 g/mol. The van der Waals surface area contributed by atoms with Crippen LogP contribution in [0, 0.1) is 0 Å². The molecule has 0 aromatic heterocycles. The van der Waals surface area contributed by atoms with E-state index in [1.807, 2.05) is 6.92 Å². The molecule has 19 heavy (non-hydrogen) atoms. The monoisotopic (exact) mass is 272 g/mol. The van der Waals surface area contributed by atoms with E-state index in [1.54, 1.807) is 18.9 Å². The van der Waals surface area contributed by atoms with Gasteiger partial charge in [0.05, 0.1) is 6.10 Å². The predicted octanol–water partition coefficient (Wildman–Crippen LogP) is 0.813. The molecule has 1 heterocycles. The number of aliphatic carboxylic acids is 1. The molecule has 2 N–H and O–H groups in total. The Hall–Kier alpha value is -1.14. The maximum atomic E-state index is 11.3. The topological polar surface area (TPSA) is 82.2 Å². The number of rotatable bonds is 8. The molecule has 0 spiro atoms. The summed E-state index contributed by atoms with van der Waals surface area (Å²) in [5.41, 5.74) is -0.892. The first-order valence-electron chi connectivity index (χ1n) is 6.69. The first-order chi connectivity index (χ1) is 8.82. The van der Waals surface area contributed by atoms with E-state index in [0.29, 0.717) is 13.0 Å². The molecular formula is C13H24N2O4. The highest BCUT2D eigenvalue weighted by Crippen LogP contribution is 2.34. The van der Waals surface area contributed by atoms with Gasteiger partial charge in [0, 0.05) is 13.5 Å². The van der Waals surface area contributed by atoms with Crippen molar-refractivity contribution < 1.29 is 19.4 Å². The molecule has 0 aromatic rings. The van der Waals surface area contributed by atoms with Crippen molar-refractivity contribution in [3.05, 3.63) is 0 Å². The van der Waals surface area contributed by atoms with Crippen LogP contribution >= 0.6 is 0 Å². The van der Waals surface area contributed by atoms with Gasteiger partial charge in [0.1, 0.15) is 11.8 Å². The summed E-state index contributed by atoms with van der Waals surface area (Å²) in [6, 6.07) is 0. The van der Waals surface area contributed by atoms with Crippen LogP contribution in [-0.2, 0) is 14.3 Å². The number of epoxide rings is 1. The Morgan fingerprint density at radius 2 is 2.11 bits per heavy atom. The van der Waals surface area contributed by atoms with E-state index in [-0.39, 0.29) is 18.2 Å². The Balaban J connectivity index is 2.35. The summed E-state index contributed by atoms with van der Waals surface area (Å²) >= 11 is 0. The fourth-order valence-corrected chi connectivity index (χ4v) is 2.09. The Bertz CT molecular complexity index is 348. The third kappa shape index (κ3) is 3.91. The predicted molar refractivity (Wildman–Crippen MR) is 70.7 cm³/mol. The van der Waals surface area contributed by atoms with Gasteiger partial charge in [-0.25, -0.2) is 0 Å². The number of likely N-dealkylation sites (N-methyl/N-ethyl adjacent to an activating group) is 1. The molecule has 1 aliphatic rings. The number of carboxylic acid groups (broad SMARTS) is 1. The molecule has 0 bridgehead atoms. The summed E-state index contributed by atoms with van der Waals surface area (Å²) in [6.45, 7) is 5.70. The van der Waals surface area contributed by atoms with Crippen LogP contribution in [0.25, 0.3) is 0 Å². The van der Waals surface area contributed by atoms with Gasteiger partial charge < -0.3 is 15.2 Å². The lowest BCUT2D eigenvalue weighted by Gasteiger charge is -2.33. The fourth-order valence-electron chi connectivity index (χ4n) is 2.09. The Morgan fingerprint density at radius 3 is 2.58 bits per heavy atom. The van der Waals surface area contributed by atoms with E-state index < -0.39 is 11.5 Å². The first-order valence-corrected chi connectivity index (χ1v) is 6.69. The number of hydrogen-bond donors (Lipinski definition) is 2. The SMILES string of the molecule is CCC(C)(C(=O)O)N(C)C1OC1CCCNC(C)=O. The molecule has 1 saturated heterocycles. The van der Waals surface area contributed by atoms with Gasteiger partial charge >= 0.3 is 5.97 Å². The molecule has 3 atom stereocenters. The van der Waals surface area contributed by atoms with Crippen molar-refractivity contribution in [1.82, 2.24) is 10.2 Å². The molecule has 0 aliphatic carbocycles. The summed E-state index contributed by atoms with van der Waals surface area (Å²) in [5, 5.41) is 12.0. The Labute approximate surface area is 114 Å². The molecule has 6 heteroatoms. The minimum atomic E-state index is -0.892. The lowest BCUT2D eigenvalue weighted by molar-refractivity contribution is -0.151. The van der Waals surface area contributed by atoms with Crippen LogP contribution in [0.2, 0.25) is 0 Å². The standard InChI is InChI=1S/C13H24N2O4/c1-5-13(3,12(17)18)15(4)11-10(19-11)7-6-8-14-9(2)16/h10-11H,5-8H2,1-4H3,(H,14,16)(H,17,18). The largest absolute Gasteiger partial charge is 0.480 e. The normalized spacial score (nSPS) is 24.9. The fraction of sp³-hybridized carbons (Fsp3) is 0.846. The molecule has 0 saturated carbocycles. The zero-order valence-electron chi connectivity index (χ0n) is 12.1. The summed E-state index contributed by atoms with van der Waals surface area (Å²) < 4.78 is 5.53. The minimum absolute atomic E-state index is 0.0326. The van der Waals surface area contributed by atoms with Gasteiger partial charge in [0.2, 0.25) is 5.91 Å². The Morgan fingerprint density at radius 1 is 1.47 bits per heavy atom. The van der Waals surface area contributed by atoms with Crippen molar-refractivity contribution >= 4 is 11.9 Å². The van der Waals surface area contributed by atoms with Gasteiger partial charge in [0.25, 0.3) is 0 Å². The zero-order chi connectivity index (χ0) is 14.6. The first kappa shape index (κ1) is 15.9. The summed E-state index contributed by atoms with van der Waals surface area (Å²) in [5.74, 6) is -0.861. The summed E-state index contributed by atoms with van der Waals surface area (Å²) in [7, 11) is 1.79. The second kappa shape index (κ2) is 6.34. The number of ether oxygens (including phenoxy) is 1. The van der Waals surface area contributed by atoms with Crippen molar-refractivity contribution in [2.45, 2.75) is 57.9 Å². The molecule has 1 amide bonds. The number of carbonyl (C=O) groups is 2. The van der Waals surface area contributed by atoms with Crippen LogP contribution < -0.4 is 5.32 Å². The molecule has 0 radical (unpaired) electrons. The second-order valence-electron chi connectivity index (χ2n) is 5.23. The van der Waals surface area contributed by atoms with Crippen molar-refractivity contribution in [2.75, 3.05) is 13.6 Å². The number of carbonyl (C=O) groups excluding carboxylic acids is 1. The van der Waals surface area contributed by atoms with Gasteiger partial charge in [-0.05, 0) is 33.2 Å². The van der Waals surface area contributed by atoms with Crippen LogP contribution in [0.15, 0.2) is 0 Å². The van der Waals surface area contributed by atoms with Crippen LogP contribution in [0.3, 0.4) is 0 Å². The van der Waals surface area contributed by atoms with Gasteiger partial charge in [0.15, 0.2) is 0 Å². The second-order valence-corrected chi connectivity index (χ2v) is 5.23. The molecular weight excluding hydrogens is 248 g/mol. The third-order valence-electron chi connectivity index (χ3n) is 3.90. The summed E-state index contributed by atoms with van der Waals surface area (Å²) in [6.07, 6.45) is 2.14. The van der Waals surface area contributed by atoms with Gasteiger partial charge in [-0.2, -0.15) is 0 Å². The van der Waals surface area contributed by atoms with E-state index in [4.69, 9.17) is 4.74 Å². The van der Waals surface area contributed by atoms with Crippen molar-refractivity contribution in [1.29, 1.82) is 0 Å². The van der Waals surface area contributed by atoms with Gasteiger partial charge in [-0.3, -0.25) is 14.5 Å². The highest BCUT2D eigenvalue weighted by molar-refractivity contribution is 5.78. The zero-order valence-corrected chi connectivity index (χ0v) is 12.1. The number of carboxylic acids is 1. The van der Waals surface area contributed by atoms with E-state index in [1.165, 1.54) is 6.92 Å². The molecule has 110 valence electrons. The lowest BCUT2D eigenvalue weighted by atomic mass is 9.97. The van der Waals surface area contributed by atoms with E-state index in [2.05, 4.69) is 5.32 Å². The number of nitrogens with zero attached hydrogens (tertiary/aromatic N) is 1.